The maximum absolute atomic E-state index is 13.5. The molecule has 1 atom stereocenters. The number of pyridine rings is 1. The van der Waals surface area contributed by atoms with Gasteiger partial charge in [0.25, 0.3) is 0 Å². The second-order valence-electron chi connectivity index (χ2n) is 7.89. The van der Waals surface area contributed by atoms with E-state index in [1.54, 1.807) is 54.6 Å². The van der Waals surface area contributed by atoms with Gasteiger partial charge in [-0.25, -0.2) is 26.8 Å². The highest BCUT2D eigenvalue weighted by Crippen LogP contribution is 2.33. The van der Waals surface area contributed by atoms with E-state index in [0.29, 0.717) is 27.0 Å². The SMILES string of the molecule is CS(=O)(=O)C(C(=O)NCCS(=O)(=O)Nc1ccccc1)c1nc2ccc(-c3ccnc(F)c3)cc2s1. The van der Waals surface area contributed by atoms with E-state index in [0.717, 1.165) is 17.6 Å². The van der Waals surface area contributed by atoms with Gasteiger partial charge in [0.05, 0.1) is 16.0 Å². The number of aromatic nitrogens is 2. The van der Waals surface area contributed by atoms with E-state index in [1.807, 2.05) is 0 Å². The van der Waals surface area contributed by atoms with Crippen molar-refractivity contribution in [1.29, 1.82) is 0 Å². The highest BCUT2D eigenvalue weighted by atomic mass is 32.2. The van der Waals surface area contributed by atoms with E-state index in [1.165, 1.54) is 12.3 Å². The minimum absolute atomic E-state index is 0.0494. The van der Waals surface area contributed by atoms with E-state index in [-0.39, 0.29) is 11.6 Å². The number of nitrogens with one attached hydrogen (secondary N) is 2. The number of para-hydroxylation sites is 1. The Balaban J connectivity index is 1.51. The first kappa shape index (κ1) is 25.7. The fraction of sp³-hybridized carbons (Fsp3) is 0.174. The van der Waals surface area contributed by atoms with Gasteiger partial charge < -0.3 is 5.32 Å². The van der Waals surface area contributed by atoms with Crippen molar-refractivity contribution in [2.75, 3.05) is 23.3 Å². The highest BCUT2D eigenvalue weighted by Gasteiger charge is 2.34. The van der Waals surface area contributed by atoms with Crippen LogP contribution in [0, 0.1) is 5.95 Å². The predicted molar refractivity (Wildman–Crippen MR) is 137 cm³/mol. The van der Waals surface area contributed by atoms with Gasteiger partial charge in [-0.3, -0.25) is 9.52 Å². The number of hydrogen-bond donors (Lipinski definition) is 2. The molecule has 0 aliphatic carbocycles. The molecule has 2 aromatic carbocycles. The number of sulfonamides is 1. The highest BCUT2D eigenvalue weighted by molar-refractivity contribution is 7.92. The van der Waals surface area contributed by atoms with Crippen LogP contribution in [0.2, 0.25) is 0 Å². The summed E-state index contributed by atoms with van der Waals surface area (Å²) in [4.78, 5) is 20.7. The number of nitrogens with zero attached hydrogens (tertiary/aromatic N) is 2. The molecule has 36 heavy (non-hydrogen) atoms. The molecule has 0 saturated heterocycles. The molecule has 0 radical (unpaired) electrons. The summed E-state index contributed by atoms with van der Waals surface area (Å²) < 4.78 is 66.1. The van der Waals surface area contributed by atoms with Crippen LogP contribution in [-0.4, -0.2) is 51.3 Å². The Morgan fingerprint density at radius 3 is 2.44 bits per heavy atom. The molecule has 9 nitrogen and oxygen atoms in total. The van der Waals surface area contributed by atoms with Crippen molar-refractivity contribution in [2.24, 2.45) is 0 Å². The molecule has 4 rings (SSSR count). The lowest BCUT2D eigenvalue weighted by Crippen LogP contribution is -2.37. The second kappa shape index (κ2) is 10.3. The van der Waals surface area contributed by atoms with Crippen molar-refractivity contribution in [1.82, 2.24) is 15.3 Å². The van der Waals surface area contributed by atoms with E-state index in [4.69, 9.17) is 0 Å². The van der Waals surface area contributed by atoms with Gasteiger partial charge in [0.2, 0.25) is 21.9 Å². The summed E-state index contributed by atoms with van der Waals surface area (Å²) in [7, 11) is -7.70. The Bertz CT molecular complexity index is 1620. The number of halogens is 1. The van der Waals surface area contributed by atoms with Crippen LogP contribution in [0.5, 0.6) is 0 Å². The van der Waals surface area contributed by atoms with E-state index in [2.05, 4.69) is 20.0 Å². The van der Waals surface area contributed by atoms with E-state index in [9.17, 15) is 26.0 Å². The van der Waals surface area contributed by atoms with Crippen LogP contribution in [0.15, 0.2) is 66.9 Å². The first-order chi connectivity index (χ1) is 17.0. The number of carbonyl (C=O) groups is 1. The Labute approximate surface area is 211 Å². The predicted octanol–water partition coefficient (Wildman–Crippen LogP) is 3.14. The molecule has 1 amide bonds. The van der Waals surface area contributed by atoms with Gasteiger partial charge in [-0.2, -0.15) is 4.39 Å². The molecule has 188 valence electrons. The molecule has 0 saturated carbocycles. The van der Waals surface area contributed by atoms with Crippen molar-refractivity contribution in [3.63, 3.8) is 0 Å². The van der Waals surface area contributed by atoms with E-state index >= 15 is 0 Å². The molecular formula is C23H21FN4O5S3. The number of rotatable bonds is 9. The number of hydrogen-bond acceptors (Lipinski definition) is 8. The van der Waals surface area contributed by atoms with Crippen LogP contribution < -0.4 is 10.0 Å². The Kier molecular flexibility index (Phi) is 7.33. The standard InChI is InChI=1S/C23H21FN4O5S3/c1-35(30,31)21(22(29)26-11-12-36(32,33)28-17-5-3-2-4-6-17)23-27-18-8-7-15(13-19(18)34-23)16-9-10-25-20(24)14-16/h2-10,13-14,21,28H,11-12H2,1H3,(H,26,29). The molecule has 0 bridgehead atoms. The largest absolute Gasteiger partial charge is 0.354 e. The molecule has 0 aliphatic rings. The molecule has 0 fully saturated rings. The average molecular weight is 549 g/mol. The summed E-state index contributed by atoms with van der Waals surface area (Å²) in [6.45, 7) is -0.296. The molecule has 2 aromatic heterocycles. The third-order valence-corrected chi connectivity index (χ3v) is 8.89. The topological polar surface area (TPSA) is 135 Å². The van der Waals surface area contributed by atoms with Gasteiger partial charge in [-0.1, -0.05) is 24.3 Å². The molecule has 0 aliphatic heterocycles. The first-order valence-electron chi connectivity index (χ1n) is 10.6. The Hall–Kier alpha value is -3.42. The number of carbonyl (C=O) groups excluding carboxylic acids is 1. The van der Waals surface area contributed by atoms with Crippen LogP contribution in [-0.2, 0) is 24.7 Å². The maximum atomic E-state index is 13.5. The van der Waals surface area contributed by atoms with Crippen molar-refractivity contribution in [2.45, 2.75) is 5.25 Å². The number of thiazole rings is 1. The smallest absolute Gasteiger partial charge is 0.245 e. The Morgan fingerprint density at radius 2 is 1.75 bits per heavy atom. The summed E-state index contributed by atoms with van der Waals surface area (Å²) >= 11 is 1.02. The van der Waals surface area contributed by atoms with Gasteiger partial charge in [0.15, 0.2) is 15.1 Å². The molecule has 13 heteroatoms. The number of amides is 1. The number of sulfone groups is 1. The molecule has 2 N–H and O–H groups in total. The van der Waals surface area contributed by atoms with Crippen LogP contribution in [0.3, 0.4) is 0 Å². The summed E-state index contributed by atoms with van der Waals surface area (Å²) in [5.41, 5.74) is 2.11. The summed E-state index contributed by atoms with van der Waals surface area (Å²) in [5, 5.41) is 0.838. The normalized spacial score (nSPS) is 12.8. The third kappa shape index (κ3) is 6.22. The minimum Gasteiger partial charge on any atom is -0.354 e. The quantitative estimate of drug-likeness (QED) is 0.307. The van der Waals surface area contributed by atoms with Crippen molar-refractivity contribution >= 4 is 53.0 Å². The Morgan fingerprint density at radius 1 is 1.03 bits per heavy atom. The molecule has 1 unspecified atom stereocenters. The number of anilines is 1. The molecule has 0 spiro atoms. The van der Waals surface area contributed by atoms with Crippen LogP contribution in [0.4, 0.5) is 10.1 Å². The average Bonchev–Trinajstić information content (AvgIpc) is 3.20. The molecule has 4 aromatic rings. The zero-order chi connectivity index (χ0) is 25.9. The van der Waals surface area contributed by atoms with Crippen LogP contribution in [0.25, 0.3) is 21.3 Å². The lowest BCUT2D eigenvalue weighted by atomic mass is 10.1. The fourth-order valence-electron chi connectivity index (χ4n) is 3.44. The zero-order valence-corrected chi connectivity index (χ0v) is 21.3. The zero-order valence-electron chi connectivity index (χ0n) is 18.9. The van der Waals surface area contributed by atoms with Gasteiger partial charge in [-0.15, -0.1) is 11.3 Å². The minimum atomic E-state index is -3.93. The van der Waals surface area contributed by atoms with Crippen molar-refractivity contribution in [3.8, 4) is 11.1 Å². The summed E-state index contributed by atoms with van der Waals surface area (Å²) in [5.74, 6) is -1.95. The third-order valence-electron chi connectivity index (χ3n) is 5.07. The number of fused-ring (bicyclic) bond motifs is 1. The van der Waals surface area contributed by atoms with Crippen molar-refractivity contribution in [3.05, 3.63) is 77.8 Å². The lowest BCUT2D eigenvalue weighted by Gasteiger charge is -2.13. The fourth-order valence-corrected chi connectivity index (χ4v) is 6.96. The first-order valence-corrected chi connectivity index (χ1v) is 15.0. The monoisotopic (exact) mass is 548 g/mol. The van der Waals surface area contributed by atoms with Crippen LogP contribution in [0.1, 0.15) is 10.3 Å². The van der Waals surface area contributed by atoms with Gasteiger partial charge in [0.1, 0.15) is 5.01 Å². The molecular weight excluding hydrogens is 527 g/mol. The van der Waals surface area contributed by atoms with Gasteiger partial charge in [-0.05, 0) is 41.5 Å². The van der Waals surface area contributed by atoms with Gasteiger partial charge >= 0.3 is 0 Å². The maximum Gasteiger partial charge on any atom is 0.245 e. The summed E-state index contributed by atoms with van der Waals surface area (Å²) in [6.07, 6.45) is 2.26. The second-order valence-corrected chi connectivity index (χ2v) is 12.9. The molecule has 2 heterocycles. The van der Waals surface area contributed by atoms with Crippen molar-refractivity contribution < 1.29 is 26.0 Å². The lowest BCUT2D eigenvalue weighted by molar-refractivity contribution is -0.120. The summed E-state index contributed by atoms with van der Waals surface area (Å²) in [6, 6.07) is 16.3. The van der Waals surface area contributed by atoms with Crippen LogP contribution >= 0.6 is 11.3 Å². The van der Waals surface area contributed by atoms with E-state index < -0.39 is 42.7 Å². The van der Waals surface area contributed by atoms with Gasteiger partial charge in [0, 0.05) is 30.8 Å². The number of benzene rings is 2.